The molecule has 0 saturated carbocycles. The number of rotatable bonds is 8. The van der Waals surface area contributed by atoms with Crippen molar-refractivity contribution in [3.63, 3.8) is 0 Å². The van der Waals surface area contributed by atoms with Crippen molar-refractivity contribution in [2.24, 2.45) is 0 Å². The third kappa shape index (κ3) is 4.77. The average molecular weight is 745 g/mol. The second-order valence-corrected chi connectivity index (χ2v) is 20.1. The lowest BCUT2D eigenvalue weighted by atomic mass is 10.2. The molecule has 0 N–H and O–H groups in total. The van der Waals surface area contributed by atoms with Crippen LogP contribution < -0.4 is 36.7 Å². The van der Waals surface area contributed by atoms with Gasteiger partial charge in [-0.05, 0) is 70.6 Å². The molecule has 11 rings (SSSR count). The molecule has 0 radical (unpaired) electrons. The van der Waals surface area contributed by atoms with Crippen LogP contribution in [-0.4, -0.2) is 27.4 Å². The zero-order valence-corrected chi connectivity index (χ0v) is 31.8. The molecule has 0 aliphatic carbocycles. The lowest BCUT2D eigenvalue weighted by Gasteiger charge is -2.33. The predicted octanol–water partition coefficient (Wildman–Crippen LogP) is 7.05. The molecule has 262 valence electrons. The minimum Gasteiger partial charge on any atom is -0.354 e. The van der Waals surface area contributed by atoms with Crippen molar-refractivity contribution in [1.82, 2.24) is 19.3 Å². The van der Waals surface area contributed by atoms with Crippen LogP contribution in [0.25, 0.3) is 44.3 Å². The molecule has 0 amide bonds. The van der Waals surface area contributed by atoms with Crippen LogP contribution in [0, 0.1) is 6.92 Å². The molecule has 8 heteroatoms. The van der Waals surface area contributed by atoms with Gasteiger partial charge in [-0.3, -0.25) is 0 Å². The van der Waals surface area contributed by atoms with Crippen molar-refractivity contribution < 1.29 is 9.05 Å². The van der Waals surface area contributed by atoms with E-state index in [1.54, 1.807) is 6.20 Å². The van der Waals surface area contributed by atoms with Gasteiger partial charge in [0.2, 0.25) is 0 Å². The van der Waals surface area contributed by atoms with Crippen LogP contribution in [0.1, 0.15) is 5.56 Å². The summed E-state index contributed by atoms with van der Waals surface area (Å²) in [7, 11) is -3.71. The van der Waals surface area contributed by atoms with Crippen molar-refractivity contribution in [3.05, 3.63) is 188 Å². The third-order valence-corrected chi connectivity index (χ3v) is 18.3. The summed E-state index contributed by atoms with van der Waals surface area (Å²) in [5, 5.41) is 18.9. The van der Waals surface area contributed by atoms with E-state index in [1.807, 2.05) is 0 Å². The number of benzene rings is 6. The first kappa shape index (κ1) is 31.9. The quantitative estimate of drug-likeness (QED) is 0.0952. The molecule has 0 bridgehead atoms. The summed E-state index contributed by atoms with van der Waals surface area (Å²) in [5.41, 5.74) is 7.85. The highest BCUT2D eigenvalue weighted by Gasteiger charge is 2.45. The first-order chi connectivity index (χ1) is 27.2. The molecule has 6 aromatic carbocycles. The Bertz CT molecular complexity index is 3000. The summed E-state index contributed by atoms with van der Waals surface area (Å²) < 4.78 is 16.5. The fraction of sp³-hybridized carbons (Fsp3) is 0.0213. The number of hydrogen-bond acceptors (Lipinski definition) is 4. The Morgan fingerprint density at radius 3 is 1.78 bits per heavy atom. The Hall–Kier alpha value is -6.53. The van der Waals surface area contributed by atoms with E-state index in [-0.39, 0.29) is 0 Å². The number of fused-ring (bicyclic) bond motifs is 4. The summed E-state index contributed by atoms with van der Waals surface area (Å²) in [5.74, 6) is 0. The predicted molar refractivity (Wildman–Crippen MR) is 228 cm³/mol. The van der Waals surface area contributed by atoms with Crippen LogP contribution in [-0.2, 0) is 0 Å². The van der Waals surface area contributed by atoms with E-state index in [0.29, 0.717) is 0 Å². The van der Waals surface area contributed by atoms with E-state index in [2.05, 4.69) is 197 Å². The van der Waals surface area contributed by atoms with E-state index in [1.165, 1.54) is 36.7 Å². The molecule has 11 aromatic rings. The van der Waals surface area contributed by atoms with Crippen LogP contribution in [0.15, 0.2) is 191 Å². The molecule has 0 spiro atoms. The Labute approximate surface area is 319 Å². The minimum atomic E-state index is -2.84. The van der Waals surface area contributed by atoms with Crippen molar-refractivity contribution in [2.45, 2.75) is 6.92 Å². The van der Waals surface area contributed by atoms with Gasteiger partial charge in [-0.15, -0.1) is 0 Å². The van der Waals surface area contributed by atoms with Crippen LogP contribution in [0.2, 0.25) is 0 Å². The number of nitrogens with zero attached hydrogens (tertiary/aromatic N) is 4. The Balaban J connectivity index is 1.09. The molecule has 1 unspecified atom stereocenters. The summed E-state index contributed by atoms with van der Waals surface area (Å²) in [6.45, 7) is 2.05. The first-order valence-electron chi connectivity index (χ1n) is 18.4. The fourth-order valence-electron chi connectivity index (χ4n) is 8.67. The summed E-state index contributed by atoms with van der Waals surface area (Å²) in [6.07, 6.45) is 6.24. The standard InChI is InChI=1S/C47H33N4O2PSi/c1-32-30-50(42-29-48-52-46(32)42)33-22-24-35(25-23-33)54(34-14-6-2-7-15-34)36-26-27-41-40(28-36)44-45-47(53-49-44)43(31-51(41)45)55(37-16-8-3-9-17-37,38-18-10-4-11-19-38)39-20-12-5-13-21-39/h2-31H,1H3. The largest absolute Gasteiger partial charge is 0.354 e. The molecule has 6 nitrogen and oxygen atoms in total. The molecule has 0 saturated heterocycles. The Morgan fingerprint density at radius 1 is 0.564 bits per heavy atom. The van der Waals surface area contributed by atoms with Gasteiger partial charge in [0.05, 0.1) is 11.7 Å². The van der Waals surface area contributed by atoms with Crippen molar-refractivity contribution >= 4 is 91.3 Å². The van der Waals surface area contributed by atoms with Crippen LogP contribution in [0.5, 0.6) is 0 Å². The molecular formula is C47H33N4O2PSi. The van der Waals surface area contributed by atoms with E-state index in [4.69, 9.17) is 14.2 Å². The van der Waals surface area contributed by atoms with Gasteiger partial charge in [-0.2, -0.15) is 0 Å². The molecule has 5 aromatic heterocycles. The fourth-order valence-corrected chi connectivity index (χ4v) is 15.8. The van der Waals surface area contributed by atoms with Gasteiger partial charge in [0.1, 0.15) is 16.6 Å². The lowest BCUT2D eigenvalue weighted by molar-refractivity contribution is 0.455. The maximum Gasteiger partial charge on any atom is 0.187 e. The highest BCUT2D eigenvalue weighted by Crippen LogP contribution is 2.38. The smallest absolute Gasteiger partial charge is 0.187 e. The van der Waals surface area contributed by atoms with Gasteiger partial charge >= 0.3 is 0 Å². The number of aryl methyl sites for hydroxylation is 1. The van der Waals surface area contributed by atoms with Crippen molar-refractivity contribution in [3.8, 4) is 5.69 Å². The van der Waals surface area contributed by atoms with Crippen LogP contribution in [0.4, 0.5) is 0 Å². The van der Waals surface area contributed by atoms with Crippen LogP contribution >= 0.6 is 7.92 Å². The van der Waals surface area contributed by atoms with Gasteiger partial charge in [-0.1, -0.05) is 150 Å². The Kier molecular flexibility index (Phi) is 7.27. The number of aromatic nitrogens is 4. The molecule has 0 fully saturated rings. The molecule has 0 aliphatic rings. The van der Waals surface area contributed by atoms with Gasteiger partial charge in [0, 0.05) is 34.2 Å². The highest BCUT2D eigenvalue weighted by molar-refractivity contribution is 7.79. The maximum atomic E-state index is 6.49. The molecule has 55 heavy (non-hydrogen) atoms. The first-order valence-corrected chi connectivity index (χ1v) is 21.7. The topological polar surface area (TPSA) is 61.4 Å². The van der Waals surface area contributed by atoms with E-state index >= 15 is 0 Å². The summed E-state index contributed by atoms with van der Waals surface area (Å²) in [4.78, 5) is 0. The average Bonchev–Trinajstić information content (AvgIpc) is 4.08. The minimum absolute atomic E-state index is 0.821. The highest BCUT2D eigenvalue weighted by atomic mass is 31.1. The lowest BCUT2D eigenvalue weighted by Crippen LogP contribution is -2.74. The van der Waals surface area contributed by atoms with Crippen molar-refractivity contribution in [2.75, 3.05) is 0 Å². The van der Waals surface area contributed by atoms with Crippen molar-refractivity contribution in [1.29, 1.82) is 0 Å². The summed E-state index contributed by atoms with van der Waals surface area (Å²) >= 11 is 0. The van der Waals surface area contributed by atoms with E-state index in [0.717, 1.165) is 49.9 Å². The number of hydrogen-bond donors (Lipinski definition) is 0. The van der Waals surface area contributed by atoms with Gasteiger partial charge in [-0.25, -0.2) is 0 Å². The second kappa shape index (κ2) is 12.5. The Morgan fingerprint density at radius 2 is 1.15 bits per heavy atom. The SMILES string of the molecule is Cc1cn(-c2ccc(P(c3ccccc3)c3ccc4c(c3)c3noc5c([Si](c6ccccc6)(c6ccccc6)c6ccccc6)cn4c53)cc2)c2cnoc12. The second-order valence-electron chi connectivity index (χ2n) is 14.1. The molecular weight excluding hydrogens is 712 g/mol. The van der Waals surface area contributed by atoms with Gasteiger partial charge in [0.15, 0.2) is 19.2 Å². The molecule has 5 heterocycles. The van der Waals surface area contributed by atoms with Gasteiger partial charge < -0.3 is 18.0 Å². The monoisotopic (exact) mass is 744 g/mol. The van der Waals surface area contributed by atoms with Crippen LogP contribution in [0.3, 0.4) is 0 Å². The third-order valence-electron chi connectivity index (χ3n) is 11.1. The molecule has 1 atom stereocenters. The summed E-state index contributed by atoms with van der Waals surface area (Å²) in [6, 6.07) is 59.6. The maximum absolute atomic E-state index is 6.49. The van der Waals surface area contributed by atoms with Gasteiger partial charge in [0.25, 0.3) is 0 Å². The van der Waals surface area contributed by atoms with E-state index in [9.17, 15) is 0 Å². The molecule has 0 aliphatic heterocycles. The zero-order valence-electron chi connectivity index (χ0n) is 29.9. The zero-order chi connectivity index (χ0) is 36.5. The van der Waals surface area contributed by atoms with E-state index < -0.39 is 16.0 Å². The normalized spacial score (nSPS) is 12.7.